The molecule has 2 N–H and O–H groups in total. The van der Waals surface area contributed by atoms with Crippen molar-refractivity contribution in [3.8, 4) is 11.5 Å². The van der Waals surface area contributed by atoms with Crippen LogP contribution in [0.15, 0.2) is 65.9 Å². The van der Waals surface area contributed by atoms with E-state index in [4.69, 9.17) is 24.2 Å². The fourth-order valence-corrected chi connectivity index (χ4v) is 10.2. The van der Waals surface area contributed by atoms with Crippen LogP contribution in [-0.4, -0.2) is 76.5 Å². The fraction of sp³-hybridized carbons (Fsp3) is 0.638. The number of aliphatic hydroxyl groups is 2. The molecule has 1 aromatic carbocycles. The van der Waals surface area contributed by atoms with Crippen molar-refractivity contribution in [2.24, 2.45) is 28.8 Å². The van der Waals surface area contributed by atoms with Crippen LogP contribution in [0.25, 0.3) is 0 Å². The van der Waals surface area contributed by atoms with Crippen LogP contribution in [-0.2, 0) is 21.0 Å². The molecule has 2 fully saturated rings. The molecule has 2 aromatic rings. The smallest absolute Gasteiger partial charge is 0.239 e. The molecule has 1 amide bonds. The molecule has 10 heteroatoms. The van der Waals surface area contributed by atoms with Crippen molar-refractivity contribution in [3.05, 3.63) is 77.7 Å². The number of amides is 1. The molecule has 1 aliphatic heterocycles. The van der Waals surface area contributed by atoms with E-state index in [9.17, 15) is 15.0 Å². The second-order valence-electron chi connectivity index (χ2n) is 16.5. The fourth-order valence-electron chi connectivity index (χ4n) is 10.2. The number of aliphatic hydroxyl groups excluding tert-OH is 2. The standard InChI is InChI=1S/C47H67N3O7/c1-5-25-50(44(53)24-21-34-16-8-9-17-34)43-31-41(49-56-7-3)39-29-35(18-10-12-26-51)38(20-11-13-27-52)45-40-30-37(54-32-36-19-14-15-33(4)48-36)22-23-42(40)57-47(43,46(39)45)55-28-6-2/h6,14-15,19,22-23,29-30,34-35,38,43,45-46,51-52H,2,5,7-13,16-18,20-21,24-28,31-32H2,1,3-4H3. The highest BCUT2D eigenvalue weighted by molar-refractivity contribution is 6.03. The number of carbonyl (C=O) groups is 1. The van der Waals surface area contributed by atoms with Crippen LogP contribution in [0.4, 0.5) is 0 Å². The Kier molecular flexibility index (Phi) is 15.6. The number of allylic oxidation sites excluding steroid dienone is 1. The first-order valence-electron chi connectivity index (χ1n) is 21.9. The number of aryl methyl sites for hydroxylation is 1. The minimum absolute atomic E-state index is 0.0938. The van der Waals surface area contributed by atoms with Gasteiger partial charge in [-0.2, -0.15) is 0 Å². The summed E-state index contributed by atoms with van der Waals surface area (Å²) in [5.41, 5.74) is 4.73. The Bertz CT molecular complexity index is 1690. The number of hydrogen-bond donors (Lipinski definition) is 2. The van der Waals surface area contributed by atoms with Gasteiger partial charge < -0.3 is 34.2 Å². The van der Waals surface area contributed by atoms with Crippen LogP contribution in [0.1, 0.15) is 127 Å². The first-order chi connectivity index (χ1) is 27.9. The SMILES string of the molecule is C=CCOC12Oc3ccc(OCc4cccc(C)n4)cc3C3C(CCCCO)C(CCCCO)C=C(C(=NOCC)CC1N(CCC)C(=O)CCC1CCCC1)C32. The van der Waals surface area contributed by atoms with E-state index in [1.807, 2.05) is 44.2 Å². The average molecular weight is 786 g/mol. The zero-order chi connectivity index (χ0) is 40.2. The van der Waals surface area contributed by atoms with Gasteiger partial charge in [0.2, 0.25) is 11.7 Å². The van der Waals surface area contributed by atoms with Gasteiger partial charge in [0.1, 0.15) is 30.8 Å². The first kappa shape index (κ1) is 42.9. The second-order valence-corrected chi connectivity index (χ2v) is 16.5. The number of benzene rings is 1. The molecule has 0 saturated heterocycles. The molecular weight excluding hydrogens is 719 g/mol. The first-order valence-corrected chi connectivity index (χ1v) is 21.9. The highest BCUT2D eigenvalue weighted by Crippen LogP contribution is 2.62. The Morgan fingerprint density at radius 1 is 1.07 bits per heavy atom. The van der Waals surface area contributed by atoms with Gasteiger partial charge in [-0.05, 0) is 106 Å². The molecule has 0 radical (unpaired) electrons. The van der Waals surface area contributed by atoms with Gasteiger partial charge in [-0.3, -0.25) is 9.78 Å². The minimum atomic E-state index is -1.24. The summed E-state index contributed by atoms with van der Waals surface area (Å²) in [5, 5.41) is 24.6. The van der Waals surface area contributed by atoms with E-state index >= 15 is 0 Å². The van der Waals surface area contributed by atoms with Crippen molar-refractivity contribution < 1.29 is 34.1 Å². The summed E-state index contributed by atoms with van der Waals surface area (Å²) in [7, 11) is 0. The molecule has 4 aliphatic rings. The number of aromatic nitrogens is 1. The molecule has 57 heavy (non-hydrogen) atoms. The van der Waals surface area contributed by atoms with Gasteiger partial charge in [-0.15, -0.1) is 6.58 Å². The van der Waals surface area contributed by atoms with E-state index in [0.29, 0.717) is 44.9 Å². The number of unbranched alkanes of at least 4 members (excludes halogenated alkanes) is 2. The summed E-state index contributed by atoms with van der Waals surface area (Å²) in [6.07, 6.45) is 16.6. The van der Waals surface area contributed by atoms with E-state index in [-0.39, 0.29) is 49.4 Å². The van der Waals surface area contributed by atoms with Crippen LogP contribution in [0, 0.1) is 30.6 Å². The number of hydrogen-bond acceptors (Lipinski definition) is 9. The molecule has 2 saturated carbocycles. The van der Waals surface area contributed by atoms with Gasteiger partial charge >= 0.3 is 0 Å². The molecule has 6 rings (SSSR count). The predicted octanol–water partition coefficient (Wildman–Crippen LogP) is 8.83. The summed E-state index contributed by atoms with van der Waals surface area (Å²) in [5.74, 6) is 0.850. The summed E-state index contributed by atoms with van der Waals surface area (Å²) >= 11 is 0. The highest BCUT2D eigenvalue weighted by Gasteiger charge is 2.65. The number of pyridine rings is 1. The maximum Gasteiger partial charge on any atom is 0.239 e. The summed E-state index contributed by atoms with van der Waals surface area (Å²) < 4.78 is 20.9. The van der Waals surface area contributed by atoms with Crippen molar-refractivity contribution in [2.75, 3.05) is 33.0 Å². The van der Waals surface area contributed by atoms with Crippen LogP contribution in [0.3, 0.4) is 0 Å². The lowest BCUT2D eigenvalue weighted by atomic mass is 9.55. The van der Waals surface area contributed by atoms with Gasteiger partial charge in [-0.1, -0.05) is 68.8 Å². The number of oxime groups is 1. The summed E-state index contributed by atoms with van der Waals surface area (Å²) in [4.78, 5) is 27.2. The Morgan fingerprint density at radius 3 is 2.58 bits per heavy atom. The number of rotatable bonds is 22. The molecular formula is C47H67N3O7. The van der Waals surface area contributed by atoms with E-state index in [0.717, 1.165) is 84.7 Å². The van der Waals surface area contributed by atoms with Gasteiger partial charge in [0.25, 0.3) is 0 Å². The largest absolute Gasteiger partial charge is 0.487 e. The van der Waals surface area contributed by atoms with Gasteiger partial charge in [0, 0.05) is 49.8 Å². The third-order valence-electron chi connectivity index (χ3n) is 12.7. The van der Waals surface area contributed by atoms with Crippen molar-refractivity contribution in [1.29, 1.82) is 0 Å². The Labute approximate surface area is 340 Å². The number of carbonyl (C=O) groups excluding carboxylic acids is 1. The second kappa shape index (κ2) is 20.8. The van der Waals surface area contributed by atoms with Gasteiger partial charge in [0.15, 0.2) is 0 Å². The minimum Gasteiger partial charge on any atom is -0.487 e. The van der Waals surface area contributed by atoms with Gasteiger partial charge in [0.05, 0.1) is 23.9 Å². The van der Waals surface area contributed by atoms with E-state index < -0.39 is 11.8 Å². The molecule has 10 nitrogen and oxygen atoms in total. The zero-order valence-electron chi connectivity index (χ0n) is 34.7. The topological polar surface area (TPSA) is 123 Å². The monoisotopic (exact) mass is 785 g/mol. The summed E-state index contributed by atoms with van der Waals surface area (Å²) in [6, 6.07) is 11.6. The van der Waals surface area contributed by atoms with E-state index in [1.165, 1.54) is 25.7 Å². The molecule has 0 bridgehead atoms. The van der Waals surface area contributed by atoms with Crippen molar-refractivity contribution in [2.45, 2.75) is 135 Å². The Morgan fingerprint density at radius 2 is 1.86 bits per heavy atom. The summed E-state index contributed by atoms with van der Waals surface area (Å²) in [6.45, 7) is 12.0. The van der Waals surface area contributed by atoms with Crippen LogP contribution < -0.4 is 9.47 Å². The predicted molar refractivity (Wildman–Crippen MR) is 223 cm³/mol. The lowest BCUT2D eigenvalue weighted by molar-refractivity contribution is -0.257. The Balaban J connectivity index is 1.51. The van der Waals surface area contributed by atoms with Gasteiger partial charge in [-0.25, -0.2) is 0 Å². The third-order valence-corrected chi connectivity index (χ3v) is 12.7. The number of fused-ring (bicyclic) bond motifs is 2. The number of nitrogens with zero attached hydrogens (tertiary/aromatic N) is 3. The zero-order valence-corrected chi connectivity index (χ0v) is 34.7. The average Bonchev–Trinajstić information content (AvgIpc) is 3.75. The number of ether oxygens (including phenoxy) is 3. The van der Waals surface area contributed by atoms with Crippen molar-refractivity contribution >= 4 is 11.6 Å². The maximum atomic E-state index is 14.6. The molecule has 312 valence electrons. The Hall–Kier alpha value is -3.73. The van der Waals surface area contributed by atoms with E-state index in [2.05, 4.69) is 35.5 Å². The molecule has 6 unspecified atom stereocenters. The molecule has 0 spiro atoms. The molecule has 1 aromatic heterocycles. The van der Waals surface area contributed by atoms with Crippen LogP contribution in [0.2, 0.25) is 0 Å². The lowest BCUT2D eigenvalue weighted by Gasteiger charge is -2.60. The molecule has 6 atom stereocenters. The van der Waals surface area contributed by atoms with Crippen LogP contribution in [0.5, 0.6) is 11.5 Å². The molecule has 3 aliphatic carbocycles. The molecule has 2 heterocycles. The normalized spacial score (nSPS) is 25.9. The van der Waals surface area contributed by atoms with Crippen molar-refractivity contribution in [1.82, 2.24) is 9.88 Å². The quantitative estimate of drug-likeness (QED) is 0.0690. The lowest BCUT2D eigenvalue weighted by Crippen LogP contribution is -2.70. The maximum absolute atomic E-state index is 14.6. The van der Waals surface area contributed by atoms with E-state index in [1.54, 1.807) is 6.08 Å². The highest BCUT2D eigenvalue weighted by atomic mass is 16.7. The van der Waals surface area contributed by atoms with Crippen LogP contribution >= 0.6 is 0 Å². The third kappa shape index (κ3) is 9.94. The van der Waals surface area contributed by atoms with Crippen molar-refractivity contribution in [3.63, 3.8) is 0 Å².